The second-order valence-corrected chi connectivity index (χ2v) is 8.29. The molecule has 1 aliphatic heterocycles. The second kappa shape index (κ2) is 8.64. The maximum Gasteiger partial charge on any atom is 0.300 e. The fraction of sp³-hybridized carbons (Fsp3) is 0.154. The number of phenols is 1. The molecule has 6 nitrogen and oxygen atoms in total. The molecule has 1 fully saturated rings. The van der Waals surface area contributed by atoms with Gasteiger partial charge >= 0.3 is 0 Å². The van der Waals surface area contributed by atoms with Crippen LogP contribution in [0.15, 0.2) is 66.2 Å². The zero-order valence-corrected chi connectivity index (χ0v) is 19.1. The molecule has 4 rings (SSSR count). The molecule has 1 unspecified atom stereocenters. The molecule has 2 N–H and O–H groups in total. The van der Waals surface area contributed by atoms with Crippen molar-refractivity contribution in [2.45, 2.75) is 19.9 Å². The van der Waals surface area contributed by atoms with E-state index in [0.717, 1.165) is 11.1 Å². The van der Waals surface area contributed by atoms with Gasteiger partial charge in [-0.2, -0.15) is 0 Å². The van der Waals surface area contributed by atoms with E-state index >= 15 is 0 Å². The Morgan fingerprint density at radius 3 is 2.30 bits per heavy atom. The van der Waals surface area contributed by atoms with Gasteiger partial charge in [0.05, 0.1) is 23.7 Å². The molecule has 1 atom stereocenters. The van der Waals surface area contributed by atoms with Gasteiger partial charge in [0.25, 0.3) is 11.7 Å². The SMILES string of the molecule is COc1cc(/C(O)=C2\C(=O)C(=O)N(c3ccc(C)c(C)c3)C2c2ccc(O)cc2)ccc1Cl. The van der Waals surface area contributed by atoms with Gasteiger partial charge in [0.2, 0.25) is 0 Å². The molecule has 0 saturated carbocycles. The molecular formula is C26H22ClNO5. The number of nitrogens with zero attached hydrogens (tertiary/aromatic N) is 1. The van der Waals surface area contributed by atoms with Crippen molar-refractivity contribution in [3.05, 3.63) is 93.5 Å². The largest absolute Gasteiger partial charge is 0.508 e. The van der Waals surface area contributed by atoms with E-state index in [1.165, 1.54) is 30.2 Å². The van der Waals surface area contributed by atoms with E-state index < -0.39 is 17.7 Å². The Morgan fingerprint density at radius 2 is 1.67 bits per heavy atom. The molecule has 0 spiro atoms. The van der Waals surface area contributed by atoms with E-state index in [0.29, 0.717) is 22.0 Å². The minimum absolute atomic E-state index is 0.0457. The lowest BCUT2D eigenvalue weighted by Crippen LogP contribution is -2.29. The van der Waals surface area contributed by atoms with Crippen molar-refractivity contribution < 1.29 is 24.5 Å². The number of aliphatic hydroxyl groups excluding tert-OH is 1. The van der Waals surface area contributed by atoms with Gasteiger partial charge in [-0.05, 0) is 73.0 Å². The first-order valence-corrected chi connectivity index (χ1v) is 10.6. The van der Waals surface area contributed by atoms with Crippen LogP contribution < -0.4 is 9.64 Å². The van der Waals surface area contributed by atoms with Crippen LogP contribution >= 0.6 is 11.6 Å². The summed E-state index contributed by atoms with van der Waals surface area (Å²) in [6.45, 7) is 3.88. The first kappa shape index (κ1) is 22.4. The number of benzene rings is 3. The third-order valence-electron chi connectivity index (χ3n) is 5.85. The molecule has 3 aromatic rings. The van der Waals surface area contributed by atoms with Gasteiger partial charge in [0.15, 0.2) is 0 Å². The third kappa shape index (κ3) is 3.94. The van der Waals surface area contributed by atoms with Crippen molar-refractivity contribution in [1.82, 2.24) is 0 Å². The number of methoxy groups -OCH3 is 1. The summed E-state index contributed by atoms with van der Waals surface area (Å²) in [6.07, 6.45) is 0. The van der Waals surface area contributed by atoms with Crippen molar-refractivity contribution in [2.24, 2.45) is 0 Å². The number of ether oxygens (including phenoxy) is 1. The average Bonchev–Trinajstić information content (AvgIpc) is 3.06. The summed E-state index contributed by atoms with van der Waals surface area (Å²) in [5.74, 6) is -1.53. The lowest BCUT2D eigenvalue weighted by molar-refractivity contribution is -0.132. The molecule has 3 aromatic carbocycles. The standard InChI is InChI=1S/C26H22ClNO5/c1-14-4-8-18(12-15(14)2)28-23(16-5-9-19(29)10-6-16)22(25(31)26(28)32)24(30)17-7-11-20(27)21(13-17)33-3/h4-13,23,29-30H,1-3H3/b24-22+. The Balaban J connectivity index is 1.95. The minimum atomic E-state index is -0.894. The highest BCUT2D eigenvalue weighted by Gasteiger charge is 2.47. The Labute approximate surface area is 196 Å². The number of amides is 1. The first-order chi connectivity index (χ1) is 15.7. The van der Waals surface area contributed by atoms with Crippen LogP contribution in [0.2, 0.25) is 5.02 Å². The van der Waals surface area contributed by atoms with Gasteiger partial charge in [-0.25, -0.2) is 0 Å². The highest BCUT2D eigenvalue weighted by Crippen LogP contribution is 2.43. The summed E-state index contributed by atoms with van der Waals surface area (Å²) < 4.78 is 5.23. The number of rotatable bonds is 4. The lowest BCUT2D eigenvalue weighted by atomic mass is 9.95. The summed E-state index contributed by atoms with van der Waals surface area (Å²) >= 11 is 6.11. The van der Waals surface area contributed by atoms with E-state index in [2.05, 4.69) is 0 Å². The summed E-state index contributed by atoms with van der Waals surface area (Å²) in [4.78, 5) is 27.8. The van der Waals surface area contributed by atoms with Crippen molar-refractivity contribution >= 4 is 34.7 Å². The third-order valence-corrected chi connectivity index (χ3v) is 6.16. The van der Waals surface area contributed by atoms with Gasteiger partial charge in [-0.15, -0.1) is 0 Å². The molecule has 1 heterocycles. The summed E-state index contributed by atoms with van der Waals surface area (Å²) in [7, 11) is 1.44. The molecule has 0 radical (unpaired) electrons. The molecule has 0 bridgehead atoms. The molecule has 33 heavy (non-hydrogen) atoms. The monoisotopic (exact) mass is 463 g/mol. The molecule has 168 valence electrons. The molecular weight excluding hydrogens is 442 g/mol. The Bertz CT molecular complexity index is 1300. The predicted octanol–water partition coefficient (Wildman–Crippen LogP) is 5.30. The number of carbonyl (C=O) groups excluding carboxylic acids is 2. The van der Waals surface area contributed by atoms with Gasteiger partial charge < -0.3 is 14.9 Å². The Kier molecular flexibility index (Phi) is 5.87. The number of hydrogen-bond acceptors (Lipinski definition) is 5. The fourth-order valence-electron chi connectivity index (χ4n) is 3.91. The molecule has 7 heteroatoms. The number of carbonyl (C=O) groups is 2. The van der Waals surface area contributed by atoms with E-state index in [-0.39, 0.29) is 22.6 Å². The maximum absolute atomic E-state index is 13.2. The fourth-order valence-corrected chi connectivity index (χ4v) is 4.10. The second-order valence-electron chi connectivity index (χ2n) is 7.88. The number of ketones is 1. The van der Waals surface area contributed by atoms with Crippen molar-refractivity contribution in [3.8, 4) is 11.5 Å². The normalized spacial score (nSPS) is 17.5. The van der Waals surface area contributed by atoms with Gasteiger partial charge in [0.1, 0.15) is 17.3 Å². The number of aryl methyl sites for hydroxylation is 2. The smallest absolute Gasteiger partial charge is 0.300 e. The zero-order valence-electron chi connectivity index (χ0n) is 18.3. The highest BCUT2D eigenvalue weighted by atomic mass is 35.5. The Morgan fingerprint density at radius 1 is 0.970 bits per heavy atom. The highest BCUT2D eigenvalue weighted by molar-refractivity contribution is 6.51. The number of anilines is 1. The predicted molar refractivity (Wildman–Crippen MR) is 127 cm³/mol. The number of hydrogen-bond donors (Lipinski definition) is 2. The quantitative estimate of drug-likeness (QED) is 0.311. The summed E-state index contributed by atoms with van der Waals surface area (Å²) in [6, 6.07) is 15.4. The van der Waals surface area contributed by atoms with Crippen molar-refractivity contribution in [2.75, 3.05) is 12.0 Å². The van der Waals surface area contributed by atoms with E-state index in [1.54, 1.807) is 30.3 Å². The van der Waals surface area contributed by atoms with E-state index in [9.17, 15) is 19.8 Å². The van der Waals surface area contributed by atoms with E-state index in [4.69, 9.17) is 16.3 Å². The van der Waals surface area contributed by atoms with Crippen molar-refractivity contribution in [1.29, 1.82) is 0 Å². The van der Waals surface area contributed by atoms with Crippen LogP contribution in [0.4, 0.5) is 5.69 Å². The number of halogens is 1. The van der Waals surface area contributed by atoms with Gasteiger partial charge in [0, 0.05) is 11.3 Å². The van der Waals surface area contributed by atoms with Crippen LogP contribution in [0.1, 0.15) is 28.3 Å². The molecule has 1 amide bonds. The van der Waals surface area contributed by atoms with E-state index in [1.807, 2.05) is 26.0 Å². The van der Waals surface area contributed by atoms with Crippen molar-refractivity contribution in [3.63, 3.8) is 0 Å². The number of Topliss-reactive ketones (excluding diaryl/α,β-unsaturated/α-hetero) is 1. The van der Waals surface area contributed by atoms with Crippen LogP contribution in [-0.4, -0.2) is 29.0 Å². The molecule has 0 aliphatic carbocycles. The van der Waals surface area contributed by atoms with Gasteiger partial charge in [-0.1, -0.05) is 29.8 Å². The topological polar surface area (TPSA) is 87.1 Å². The lowest BCUT2D eigenvalue weighted by Gasteiger charge is -2.26. The Hall–Kier alpha value is -3.77. The average molecular weight is 464 g/mol. The van der Waals surface area contributed by atoms with Crippen LogP contribution in [0, 0.1) is 13.8 Å². The maximum atomic E-state index is 13.2. The molecule has 0 aromatic heterocycles. The zero-order chi connectivity index (χ0) is 23.9. The first-order valence-electron chi connectivity index (χ1n) is 10.2. The van der Waals surface area contributed by atoms with Crippen LogP contribution in [0.25, 0.3) is 5.76 Å². The molecule has 1 saturated heterocycles. The minimum Gasteiger partial charge on any atom is -0.508 e. The number of aromatic hydroxyl groups is 1. The van der Waals surface area contributed by atoms with Crippen LogP contribution in [-0.2, 0) is 9.59 Å². The van der Waals surface area contributed by atoms with Crippen LogP contribution in [0.5, 0.6) is 11.5 Å². The van der Waals surface area contributed by atoms with Gasteiger partial charge in [-0.3, -0.25) is 14.5 Å². The number of phenolic OH excluding ortho intramolecular Hbond substituents is 1. The number of aliphatic hydroxyl groups is 1. The van der Waals surface area contributed by atoms with Crippen LogP contribution in [0.3, 0.4) is 0 Å². The summed E-state index contributed by atoms with van der Waals surface area (Å²) in [5, 5.41) is 21.3. The molecule has 1 aliphatic rings. The summed E-state index contributed by atoms with van der Waals surface area (Å²) in [5.41, 5.74) is 3.33.